The van der Waals surface area contributed by atoms with Crippen LogP contribution in [0.1, 0.15) is 20.8 Å². The van der Waals surface area contributed by atoms with E-state index in [1.807, 2.05) is 0 Å². The van der Waals surface area contributed by atoms with Crippen molar-refractivity contribution in [3.05, 3.63) is 0 Å². The van der Waals surface area contributed by atoms with E-state index in [0.717, 1.165) is 0 Å². The molecule has 0 aliphatic rings. The van der Waals surface area contributed by atoms with E-state index in [9.17, 15) is 4.79 Å². The molecule has 0 fully saturated rings. The van der Waals surface area contributed by atoms with E-state index in [1.165, 1.54) is 0 Å². The van der Waals surface area contributed by atoms with Gasteiger partial charge in [-0.05, 0) is 20.8 Å². The van der Waals surface area contributed by atoms with E-state index in [0.29, 0.717) is 0 Å². The molecule has 0 amide bonds. The van der Waals surface area contributed by atoms with Gasteiger partial charge in [0.15, 0.2) is 0 Å². The molecule has 1 N–H and O–H groups in total. The SMILES string of the molecule is CC(C)(C)C(=O)O.[Ag]. The first-order valence-electron chi connectivity index (χ1n) is 2.18. The maximum Gasteiger partial charge on any atom is 0.308 e. The van der Waals surface area contributed by atoms with Gasteiger partial charge in [-0.1, -0.05) is 0 Å². The Hall–Kier alpha value is 0.210. The molecule has 0 spiro atoms. The molecule has 0 aromatic carbocycles. The third-order valence-corrected chi connectivity index (χ3v) is 0.642. The second kappa shape index (κ2) is 3.28. The van der Waals surface area contributed by atoms with Gasteiger partial charge in [-0.15, -0.1) is 0 Å². The monoisotopic (exact) mass is 209 g/mol. The molecule has 0 saturated heterocycles. The summed E-state index contributed by atoms with van der Waals surface area (Å²) in [6.45, 7) is 4.99. The summed E-state index contributed by atoms with van der Waals surface area (Å²) in [6.07, 6.45) is 0. The maximum absolute atomic E-state index is 10.0. The second-order valence-electron chi connectivity index (χ2n) is 2.56. The summed E-state index contributed by atoms with van der Waals surface area (Å²) < 4.78 is 0. The minimum absolute atomic E-state index is 0. The molecule has 0 heterocycles. The topological polar surface area (TPSA) is 37.3 Å². The summed E-state index contributed by atoms with van der Waals surface area (Å²) in [6, 6.07) is 0. The Morgan fingerprint density at radius 2 is 1.50 bits per heavy atom. The Labute approximate surface area is 64.8 Å². The van der Waals surface area contributed by atoms with Crippen molar-refractivity contribution in [2.24, 2.45) is 5.41 Å². The van der Waals surface area contributed by atoms with Crippen molar-refractivity contribution >= 4 is 5.97 Å². The zero-order valence-corrected chi connectivity index (χ0v) is 6.64. The van der Waals surface area contributed by atoms with Crippen molar-refractivity contribution in [3.63, 3.8) is 0 Å². The van der Waals surface area contributed by atoms with Crippen molar-refractivity contribution in [1.82, 2.24) is 0 Å². The van der Waals surface area contributed by atoms with Gasteiger partial charge in [0.05, 0.1) is 5.41 Å². The second-order valence-corrected chi connectivity index (χ2v) is 2.56. The normalized spacial score (nSPS) is 9.88. The summed E-state index contributed by atoms with van der Waals surface area (Å²) in [4.78, 5) is 10.0. The molecular weight excluding hydrogens is 200 g/mol. The van der Waals surface area contributed by atoms with Gasteiger partial charge < -0.3 is 5.11 Å². The van der Waals surface area contributed by atoms with Crippen LogP contribution in [0.3, 0.4) is 0 Å². The largest absolute Gasteiger partial charge is 0.481 e. The van der Waals surface area contributed by atoms with E-state index >= 15 is 0 Å². The molecule has 0 bridgehead atoms. The van der Waals surface area contributed by atoms with Crippen LogP contribution in [0.5, 0.6) is 0 Å². The van der Waals surface area contributed by atoms with Crippen molar-refractivity contribution < 1.29 is 32.3 Å². The van der Waals surface area contributed by atoms with Crippen LogP contribution in [0.2, 0.25) is 0 Å². The molecule has 0 aliphatic carbocycles. The molecular formula is C5H10AgO2. The summed E-state index contributed by atoms with van der Waals surface area (Å²) >= 11 is 0. The fourth-order valence-corrected chi connectivity index (χ4v) is 0. The van der Waals surface area contributed by atoms with Gasteiger partial charge in [-0.25, -0.2) is 0 Å². The Bertz CT molecular complexity index is 82.9. The van der Waals surface area contributed by atoms with Crippen molar-refractivity contribution in [1.29, 1.82) is 0 Å². The Kier molecular flexibility index (Phi) is 4.53. The first-order valence-corrected chi connectivity index (χ1v) is 2.18. The minimum Gasteiger partial charge on any atom is -0.481 e. The van der Waals surface area contributed by atoms with Gasteiger partial charge in [0.25, 0.3) is 0 Å². The van der Waals surface area contributed by atoms with E-state index in [-0.39, 0.29) is 22.4 Å². The van der Waals surface area contributed by atoms with Gasteiger partial charge in [0, 0.05) is 22.4 Å². The average molecular weight is 210 g/mol. The van der Waals surface area contributed by atoms with Crippen LogP contribution < -0.4 is 0 Å². The van der Waals surface area contributed by atoms with Crippen LogP contribution in [0, 0.1) is 5.41 Å². The van der Waals surface area contributed by atoms with Crippen LogP contribution in [-0.4, -0.2) is 11.1 Å². The number of hydrogen-bond donors (Lipinski definition) is 1. The van der Waals surface area contributed by atoms with E-state index in [4.69, 9.17) is 5.11 Å². The number of carbonyl (C=O) groups is 1. The summed E-state index contributed by atoms with van der Waals surface area (Å²) in [5.41, 5.74) is -0.583. The molecule has 53 valence electrons. The Morgan fingerprint density at radius 3 is 1.50 bits per heavy atom. The number of carboxylic acids is 1. The minimum atomic E-state index is -0.757. The number of rotatable bonds is 0. The van der Waals surface area contributed by atoms with Crippen molar-refractivity contribution in [2.75, 3.05) is 0 Å². The van der Waals surface area contributed by atoms with Gasteiger partial charge in [0.1, 0.15) is 0 Å². The number of aliphatic carboxylic acids is 1. The molecule has 0 aromatic heterocycles. The molecule has 0 unspecified atom stereocenters. The van der Waals surface area contributed by atoms with Gasteiger partial charge in [-0.3, -0.25) is 4.79 Å². The van der Waals surface area contributed by atoms with Crippen LogP contribution in [-0.2, 0) is 27.2 Å². The van der Waals surface area contributed by atoms with Gasteiger partial charge in [-0.2, -0.15) is 0 Å². The molecule has 2 nitrogen and oxygen atoms in total. The predicted octanol–water partition coefficient (Wildman–Crippen LogP) is 1.11. The average Bonchev–Trinajstić information content (AvgIpc) is 1.31. The van der Waals surface area contributed by atoms with Crippen LogP contribution in [0.15, 0.2) is 0 Å². The third kappa shape index (κ3) is 4.37. The molecule has 1 radical (unpaired) electrons. The number of carboxylic acid groups (broad SMARTS) is 1. The smallest absolute Gasteiger partial charge is 0.308 e. The maximum atomic E-state index is 10.0. The molecule has 0 saturated carbocycles. The quantitative estimate of drug-likeness (QED) is 0.608. The van der Waals surface area contributed by atoms with E-state index in [2.05, 4.69) is 0 Å². The molecule has 0 aliphatic heterocycles. The summed E-state index contributed by atoms with van der Waals surface area (Å²) in [5.74, 6) is -0.757. The van der Waals surface area contributed by atoms with E-state index in [1.54, 1.807) is 20.8 Å². The zero-order valence-electron chi connectivity index (χ0n) is 5.16. The first kappa shape index (κ1) is 11.1. The fourth-order valence-electron chi connectivity index (χ4n) is 0. The molecule has 0 atom stereocenters. The molecule has 8 heavy (non-hydrogen) atoms. The fraction of sp³-hybridized carbons (Fsp3) is 0.800. The Morgan fingerprint density at radius 1 is 1.38 bits per heavy atom. The van der Waals surface area contributed by atoms with Gasteiger partial charge in [0.2, 0.25) is 0 Å². The van der Waals surface area contributed by atoms with Crippen LogP contribution in [0.25, 0.3) is 0 Å². The number of hydrogen-bond acceptors (Lipinski definition) is 1. The van der Waals surface area contributed by atoms with Crippen LogP contribution >= 0.6 is 0 Å². The first-order chi connectivity index (χ1) is 2.94. The Balaban J connectivity index is 0. The van der Waals surface area contributed by atoms with Crippen LogP contribution in [0.4, 0.5) is 0 Å². The van der Waals surface area contributed by atoms with Crippen molar-refractivity contribution in [3.8, 4) is 0 Å². The molecule has 3 heteroatoms. The standard InChI is InChI=1S/C5H10O2.Ag/c1-5(2,3)4(6)7;/h1-3H3,(H,6,7);. The van der Waals surface area contributed by atoms with Gasteiger partial charge >= 0.3 is 5.97 Å². The van der Waals surface area contributed by atoms with E-state index < -0.39 is 11.4 Å². The zero-order chi connectivity index (χ0) is 6.08. The summed E-state index contributed by atoms with van der Waals surface area (Å²) in [7, 11) is 0. The van der Waals surface area contributed by atoms with Crippen molar-refractivity contribution in [2.45, 2.75) is 20.8 Å². The molecule has 0 rings (SSSR count). The predicted molar refractivity (Wildman–Crippen MR) is 27.1 cm³/mol. The summed E-state index contributed by atoms with van der Waals surface area (Å²) in [5, 5.41) is 8.25. The third-order valence-electron chi connectivity index (χ3n) is 0.642. The molecule has 0 aromatic rings.